The molecule has 0 fully saturated rings. The third-order valence-electron chi connectivity index (χ3n) is 1.72. The van der Waals surface area contributed by atoms with Crippen molar-refractivity contribution in [3.63, 3.8) is 0 Å². The van der Waals surface area contributed by atoms with Gasteiger partial charge in [-0.25, -0.2) is 4.98 Å². The highest BCUT2D eigenvalue weighted by atomic mass is 32.1. The fourth-order valence-corrected chi connectivity index (χ4v) is 1.19. The zero-order valence-corrected chi connectivity index (χ0v) is 8.71. The number of nitrogens with zero attached hydrogens (tertiary/aromatic N) is 3. The molecule has 0 aliphatic rings. The molecule has 0 unspecified atom stereocenters. The number of rotatable bonds is 4. The summed E-state index contributed by atoms with van der Waals surface area (Å²) in [5.74, 6) is 0.692. The largest absolute Gasteiger partial charge is 0.387 e. The van der Waals surface area contributed by atoms with Crippen molar-refractivity contribution in [2.75, 3.05) is 20.6 Å². The van der Waals surface area contributed by atoms with E-state index in [0.29, 0.717) is 10.8 Å². The van der Waals surface area contributed by atoms with E-state index in [-0.39, 0.29) is 0 Å². The Kier molecular flexibility index (Phi) is 3.39. The number of thiocarbonyl (C=S) groups is 1. The lowest BCUT2D eigenvalue weighted by molar-refractivity contribution is 0.383. The summed E-state index contributed by atoms with van der Waals surface area (Å²) in [6, 6.07) is 0. The monoisotopic (exact) mass is 198 g/mol. The van der Waals surface area contributed by atoms with E-state index in [9.17, 15) is 0 Å². The Labute approximate surface area is 83.4 Å². The van der Waals surface area contributed by atoms with Gasteiger partial charge in [-0.15, -0.1) is 0 Å². The van der Waals surface area contributed by atoms with Gasteiger partial charge in [0.1, 0.15) is 4.99 Å². The van der Waals surface area contributed by atoms with E-state index in [1.165, 1.54) is 0 Å². The molecule has 4 nitrogen and oxygen atoms in total. The van der Waals surface area contributed by atoms with Crippen LogP contribution < -0.4 is 5.73 Å². The van der Waals surface area contributed by atoms with E-state index in [2.05, 4.69) is 9.88 Å². The van der Waals surface area contributed by atoms with Gasteiger partial charge in [-0.1, -0.05) is 12.2 Å². The van der Waals surface area contributed by atoms with Crippen LogP contribution in [0.3, 0.4) is 0 Å². The maximum absolute atomic E-state index is 5.50. The Balaban J connectivity index is 2.65. The topological polar surface area (TPSA) is 47.1 Å². The number of nitrogens with two attached hydrogens (primary N) is 1. The molecule has 0 saturated heterocycles. The van der Waals surface area contributed by atoms with Crippen molar-refractivity contribution in [2.45, 2.75) is 6.54 Å². The van der Waals surface area contributed by atoms with Gasteiger partial charge in [0.25, 0.3) is 0 Å². The summed E-state index contributed by atoms with van der Waals surface area (Å²) in [5.41, 5.74) is 5.50. The van der Waals surface area contributed by atoms with Crippen LogP contribution in [0.2, 0.25) is 0 Å². The molecule has 5 heteroatoms. The molecule has 0 bridgehead atoms. The minimum absolute atomic E-state index is 0.351. The average Bonchev–Trinajstić information content (AvgIpc) is 2.47. The molecule has 0 aromatic carbocycles. The Morgan fingerprint density at radius 2 is 2.38 bits per heavy atom. The number of aromatic nitrogens is 2. The highest BCUT2D eigenvalue weighted by Crippen LogP contribution is 1.97. The number of hydrogen-bond acceptors (Lipinski definition) is 3. The fourth-order valence-electron chi connectivity index (χ4n) is 1.02. The fraction of sp³-hybridized carbons (Fsp3) is 0.500. The molecule has 1 aromatic heterocycles. The van der Waals surface area contributed by atoms with Crippen LogP contribution in [0.5, 0.6) is 0 Å². The molecule has 0 saturated carbocycles. The molecule has 72 valence electrons. The van der Waals surface area contributed by atoms with Crippen molar-refractivity contribution in [3.8, 4) is 0 Å². The zero-order valence-electron chi connectivity index (χ0n) is 7.90. The third kappa shape index (κ3) is 2.78. The van der Waals surface area contributed by atoms with Gasteiger partial charge in [0.05, 0.1) is 0 Å². The van der Waals surface area contributed by atoms with Gasteiger partial charge < -0.3 is 15.2 Å². The highest BCUT2D eigenvalue weighted by molar-refractivity contribution is 7.80. The normalized spacial score (nSPS) is 10.7. The van der Waals surface area contributed by atoms with Crippen LogP contribution in [0.4, 0.5) is 0 Å². The average molecular weight is 198 g/mol. The van der Waals surface area contributed by atoms with Crippen LogP contribution in [0.15, 0.2) is 12.4 Å². The van der Waals surface area contributed by atoms with E-state index >= 15 is 0 Å². The minimum Gasteiger partial charge on any atom is -0.387 e. The van der Waals surface area contributed by atoms with Crippen molar-refractivity contribution in [1.29, 1.82) is 0 Å². The lowest BCUT2D eigenvalue weighted by Crippen LogP contribution is -2.22. The van der Waals surface area contributed by atoms with Crippen LogP contribution >= 0.6 is 12.2 Å². The summed E-state index contributed by atoms with van der Waals surface area (Å²) >= 11 is 4.86. The molecule has 0 spiro atoms. The number of likely N-dealkylation sites (N-methyl/N-ethyl adjacent to an activating group) is 1. The second-order valence-corrected chi connectivity index (χ2v) is 3.55. The molecule has 2 N–H and O–H groups in total. The first-order chi connectivity index (χ1) is 6.11. The lowest BCUT2D eigenvalue weighted by Gasteiger charge is -2.11. The maximum Gasteiger partial charge on any atom is 0.167 e. The summed E-state index contributed by atoms with van der Waals surface area (Å²) in [6.45, 7) is 1.81. The van der Waals surface area contributed by atoms with Gasteiger partial charge in [0, 0.05) is 25.5 Å². The van der Waals surface area contributed by atoms with Gasteiger partial charge >= 0.3 is 0 Å². The van der Waals surface area contributed by atoms with E-state index in [0.717, 1.165) is 13.1 Å². The van der Waals surface area contributed by atoms with Crippen LogP contribution in [0.1, 0.15) is 5.82 Å². The van der Waals surface area contributed by atoms with Gasteiger partial charge in [-0.05, 0) is 14.1 Å². The molecule has 13 heavy (non-hydrogen) atoms. The van der Waals surface area contributed by atoms with E-state index in [4.69, 9.17) is 18.0 Å². The molecule has 0 aliphatic carbocycles. The molecule has 1 heterocycles. The molecular formula is C8H14N4S. The molecular weight excluding hydrogens is 184 g/mol. The van der Waals surface area contributed by atoms with Gasteiger partial charge in [0.15, 0.2) is 5.82 Å². The second-order valence-electron chi connectivity index (χ2n) is 3.11. The maximum atomic E-state index is 5.50. The number of hydrogen-bond donors (Lipinski definition) is 1. The lowest BCUT2D eigenvalue weighted by atomic mass is 10.5. The summed E-state index contributed by atoms with van der Waals surface area (Å²) in [4.78, 5) is 6.52. The molecule has 1 aromatic rings. The second kappa shape index (κ2) is 4.34. The molecule has 0 atom stereocenters. The molecule has 0 amide bonds. The quantitative estimate of drug-likeness (QED) is 0.696. The summed E-state index contributed by atoms with van der Waals surface area (Å²) in [7, 11) is 4.05. The highest BCUT2D eigenvalue weighted by Gasteiger charge is 2.04. The van der Waals surface area contributed by atoms with Crippen molar-refractivity contribution in [1.82, 2.24) is 14.5 Å². The summed E-state index contributed by atoms with van der Waals surface area (Å²) < 4.78 is 1.96. The first kappa shape index (κ1) is 10.1. The summed E-state index contributed by atoms with van der Waals surface area (Å²) in [6.07, 6.45) is 3.60. The smallest absolute Gasteiger partial charge is 0.167 e. The summed E-state index contributed by atoms with van der Waals surface area (Å²) in [5, 5.41) is 0. The standard InChI is InChI=1S/C8H14N4S/c1-11(2)5-6-12-4-3-10-8(12)7(9)13/h3-4H,5-6H2,1-2H3,(H2,9,13). The molecule has 1 rings (SSSR count). The SMILES string of the molecule is CN(C)CCn1ccnc1C(N)=S. The van der Waals surface area contributed by atoms with E-state index in [1.807, 2.05) is 24.9 Å². The Morgan fingerprint density at radius 3 is 2.92 bits per heavy atom. The van der Waals surface area contributed by atoms with Crippen LogP contribution in [0, 0.1) is 0 Å². The Bertz CT molecular complexity index is 292. The first-order valence-corrected chi connectivity index (χ1v) is 4.47. The van der Waals surface area contributed by atoms with Crippen LogP contribution in [0.25, 0.3) is 0 Å². The Hall–Kier alpha value is -0.940. The van der Waals surface area contributed by atoms with E-state index < -0.39 is 0 Å². The third-order valence-corrected chi connectivity index (χ3v) is 1.91. The first-order valence-electron chi connectivity index (χ1n) is 4.07. The predicted octanol–water partition coefficient (Wildman–Crippen LogP) is 0.0789. The van der Waals surface area contributed by atoms with Crippen LogP contribution in [-0.2, 0) is 6.54 Å². The minimum atomic E-state index is 0.351. The van der Waals surface area contributed by atoms with Crippen molar-refractivity contribution in [3.05, 3.63) is 18.2 Å². The Morgan fingerprint density at radius 1 is 1.69 bits per heavy atom. The van der Waals surface area contributed by atoms with Gasteiger partial charge in [-0.2, -0.15) is 0 Å². The van der Waals surface area contributed by atoms with Crippen molar-refractivity contribution >= 4 is 17.2 Å². The van der Waals surface area contributed by atoms with Gasteiger partial charge in [0.2, 0.25) is 0 Å². The zero-order chi connectivity index (χ0) is 9.84. The number of imidazole rings is 1. The van der Waals surface area contributed by atoms with Crippen molar-refractivity contribution in [2.24, 2.45) is 5.73 Å². The van der Waals surface area contributed by atoms with Crippen LogP contribution in [-0.4, -0.2) is 40.1 Å². The molecule has 0 radical (unpaired) electrons. The predicted molar refractivity (Wildman–Crippen MR) is 56.7 cm³/mol. The van der Waals surface area contributed by atoms with E-state index in [1.54, 1.807) is 6.20 Å². The molecule has 0 aliphatic heterocycles. The van der Waals surface area contributed by atoms with Gasteiger partial charge in [-0.3, -0.25) is 0 Å². The van der Waals surface area contributed by atoms with Crippen molar-refractivity contribution < 1.29 is 0 Å².